The van der Waals surface area contributed by atoms with Crippen molar-refractivity contribution < 1.29 is 9.53 Å². The van der Waals surface area contributed by atoms with E-state index in [0.717, 1.165) is 38.8 Å². The number of hydrogen-bond donors (Lipinski definition) is 0. The maximum absolute atomic E-state index is 12.4. The molecule has 1 amide bonds. The van der Waals surface area contributed by atoms with Crippen molar-refractivity contribution in [2.24, 2.45) is 5.92 Å². The van der Waals surface area contributed by atoms with Crippen molar-refractivity contribution in [3.8, 4) is 5.82 Å². The maximum atomic E-state index is 12.4. The van der Waals surface area contributed by atoms with Crippen LogP contribution in [0.4, 0.5) is 0 Å². The normalized spacial score (nSPS) is 21.2. The Morgan fingerprint density at radius 3 is 2.77 bits per heavy atom. The molecule has 2 aromatic rings. The number of nitrogens with zero attached hydrogens (tertiary/aromatic N) is 5. The molecule has 26 heavy (non-hydrogen) atoms. The van der Waals surface area contributed by atoms with Crippen molar-refractivity contribution in [1.29, 1.82) is 0 Å². The lowest BCUT2D eigenvalue weighted by molar-refractivity contribution is -0.142. The number of carbonyl (C=O) groups excluding carboxylic acids is 1. The van der Waals surface area contributed by atoms with Gasteiger partial charge in [-0.15, -0.1) is 5.10 Å². The van der Waals surface area contributed by atoms with Crippen LogP contribution < -0.4 is 5.56 Å². The fraction of sp³-hybridized carbons (Fsp3) is 0.556. The van der Waals surface area contributed by atoms with Gasteiger partial charge in [-0.1, -0.05) is 0 Å². The van der Waals surface area contributed by atoms with Gasteiger partial charge >= 0.3 is 0 Å². The number of rotatable bonds is 4. The Labute approximate surface area is 151 Å². The van der Waals surface area contributed by atoms with Gasteiger partial charge < -0.3 is 9.64 Å². The van der Waals surface area contributed by atoms with Crippen molar-refractivity contribution in [3.63, 3.8) is 0 Å². The van der Waals surface area contributed by atoms with E-state index >= 15 is 0 Å². The summed E-state index contributed by atoms with van der Waals surface area (Å²) in [6.45, 7) is 2.69. The van der Waals surface area contributed by atoms with Crippen molar-refractivity contribution in [2.45, 2.75) is 38.3 Å². The summed E-state index contributed by atoms with van der Waals surface area (Å²) in [6.07, 6.45) is 6.77. The van der Waals surface area contributed by atoms with Crippen molar-refractivity contribution in [1.82, 2.24) is 24.5 Å². The van der Waals surface area contributed by atoms with Crippen LogP contribution in [-0.2, 0) is 16.1 Å². The Morgan fingerprint density at radius 2 is 2.08 bits per heavy atom. The third-order valence-corrected chi connectivity index (χ3v) is 5.15. The average Bonchev–Trinajstić information content (AvgIpc) is 3.38. The molecule has 0 saturated carbocycles. The third kappa shape index (κ3) is 3.55. The first kappa shape index (κ1) is 17.0. The lowest BCUT2D eigenvalue weighted by Crippen LogP contribution is -2.44. The molecule has 1 atom stereocenters. The molecule has 4 heterocycles. The van der Waals surface area contributed by atoms with Gasteiger partial charge in [0.05, 0.1) is 0 Å². The van der Waals surface area contributed by atoms with E-state index in [4.69, 9.17) is 4.74 Å². The summed E-state index contributed by atoms with van der Waals surface area (Å²) in [4.78, 5) is 26.5. The third-order valence-electron chi connectivity index (χ3n) is 5.15. The highest BCUT2D eigenvalue weighted by atomic mass is 16.5. The minimum atomic E-state index is -0.249. The van der Waals surface area contributed by atoms with Crippen LogP contribution >= 0.6 is 0 Å². The van der Waals surface area contributed by atoms with E-state index < -0.39 is 0 Å². The molecule has 0 N–H and O–H groups in total. The molecule has 2 aliphatic rings. The lowest BCUT2D eigenvalue weighted by Gasteiger charge is -2.33. The second-order valence-electron chi connectivity index (χ2n) is 6.93. The van der Waals surface area contributed by atoms with Crippen LogP contribution in [0.5, 0.6) is 0 Å². The summed E-state index contributed by atoms with van der Waals surface area (Å²) in [6, 6.07) is 5.02. The van der Waals surface area contributed by atoms with Crippen molar-refractivity contribution >= 4 is 5.91 Å². The summed E-state index contributed by atoms with van der Waals surface area (Å²) in [7, 11) is 0. The predicted molar refractivity (Wildman–Crippen MR) is 93.9 cm³/mol. The Bertz CT molecular complexity index is 802. The van der Waals surface area contributed by atoms with Crippen molar-refractivity contribution in [3.05, 3.63) is 40.9 Å². The Morgan fingerprint density at radius 1 is 1.23 bits per heavy atom. The molecule has 8 nitrogen and oxygen atoms in total. The molecular weight excluding hydrogens is 334 g/mol. The number of likely N-dealkylation sites (tertiary alicyclic amines) is 1. The molecule has 0 aromatic carbocycles. The number of amides is 1. The molecule has 2 aliphatic heterocycles. The van der Waals surface area contributed by atoms with E-state index in [1.165, 1.54) is 10.7 Å². The second-order valence-corrected chi connectivity index (χ2v) is 6.93. The summed E-state index contributed by atoms with van der Waals surface area (Å²) in [5.41, 5.74) is -0.112. The van der Waals surface area contributed by atoms with E-state index in [9.17, 15) is 9.59 Å². The highest BCUT2D eigenvalue weighted by Gasteiger charge is 2.31. The maximum Gasteiger partial charge on any atom is 0.266 e. The van der Waals surface area contributed by atoms with Crippen LogP contribution in [0.3, 0.4) is 0 Å². The minimum absolute atomic E-state index is 0.112. The number of carbonyl (C=O) groups is 1. The Balaban J connectivity index is 1.38. The molecule has 2 fully saturated rings. The molecule has 0 spiro atoms. The summed E-state index contributed by atoms with van der Waals surface area (Å²) in [5.74, 6) is 1.08. The fourth-order valence-corrected chi connectivity index (χ4v) is 3.65. The predicted octanol–water partition coefficient (Wildman–Crippen LogP) is 0.847. The van der Waals surface area contributed by atoms with Gasteiger partial charge in [0, 0.05) is 44.7 Å². The van der Waals surface area contributed by atoms with E-state index in [2.05, 4.69) is 10.2 Å². The van der Waals surface area contributed by atoms with Gasteiger partial charge in [0.25, 0.3) is 11.5 Å². The molecule has 0 aliphatic carbocycles. The van der Waals surface area contributed by atoms with Gasteiger partial charge in [-0.2, -0.15) is 5.10 Å². The van der Waals surface area contributed by atoms with Crippen LogP contribution in [-0.4, -0.2) is 56.2 Å². The smallest absolute Gasteiger partial charge is 0.266 e. The zero-order valence-corrected chi connectivity index (χ0v) is 14.7. The largest absolute Gasteiger partial charge is 0.368 e. The first-order valence-electron chi connectivity index (χ1n) is 9.19. The molecule has 1 unspecified atom stereocenters. The van der Waals surface area contributed by atoms with Crippen LogP contribution in [0.25, 0.3) is 5.82 Å². The summed E-state index contributed by atoms with van der Waals surface area (Å²) in [5, 5.41) is 8.58. The summed E-state index contributed by atoms with van der Waals surface area (Å²) >= 11 is 0. The molecule has 0 bridgehead atoms. The first-order valence-corrected chi connectivity index (χ1v) is 9.19. The molecule has 8 heteroatoms. The zero-order chi connectivity index (χ0) is 17.9. The molecule has 4 rings (SSSR count). The molecule has 138 valence electrons. The van der Waals surface area contributed by atoms with Gasteiger partial charge in [0.15, 0.2) is 5.82 Å². The van der Waals surface area contributed by atoms with Crippen LogP contribution in [0.2, 0.25) is 0 Å². The highest BCUT2D eigenvalue weighted by Crippen LogP contribution is 2.22. The first-order chi connectivity index (χ1) is 12.7. The zero-order valence-electron chi connectivity index (χ0n) is 14.7. The van der Waals surface area contributed by atoms with E-state index in [0.29, 0.717) is 24.9 Å². The quantitative estimate of drug-likeness (QED) is 0.810. The standard InChI is InChI=1S/C18H23N5O3/c24-17-5-4-16(22-9-2-8-19-22)20-23(17)13-14-6-10-21(11-7-14)18(25)15-3-1-12-26-15/h2,4-5,8-9,14-15H,1,3,6-7,10-13H2. The Kier molecular flexibility index (Phi) is 4.83. The molecule has 2 saturated heterocycles. The van der Waals surface area contributed by atoms with E-state index in [-0.39, 0.29) is 17.6 Å². The van der Waals surface area contributed by atoms with Gasteiger partial charge in [-0.25, -0.2) is 9.36 Å². The monoisotopic (exact) mass is 357 g/mol. The SMILES string of the molecule is O=C(C1CCCO1)N1CCC(Cn2nc(-n3cccn3)ccc2=O)CC1. The van der Waals surface area contributed by atoms with Crippen LogP contribution in [0.15, 0.2) is 35.4 Å². The van der Waals surface area contributed by atoms with Crippen molar-refractivity contribution in [2.75, 3.05) is 19.7 Å². The van der Waals surface area contributed by atoms with Crippen LogP contribution in [0, 0.1) is 5.92 Å². The minimum Gasteiger partial charge on any atom is -0.368 e. The summed E-state index contributed by atoms with van der Waals surface area (Å²) < 4.78 is 8.65. The molecular formula is C18H23N5O3. The van der Waals surface area contributed by atoms with E-state index in [1.807, 2.05) is 11.0 Å². The lowest BCUT2D eigenvalue weighted by atomic mass is 9.96. The highest BCUT2D eigenvalue weighted by molar-refractivity contribution is 5.81. The second kappa shape index (κ2) is 7.41. The van der Waals surface area contributed by atoms with Gasteiger partial charge in [-0.3, -0.25) is 9.59 Å². The van der Waals surface area contributed by atoms with Crippen LogP contribution in [0.1, 0.15) is 25.7 Å². The van der Waals surface area contributed by atoms with Gasteiger partial charge in [0.2, 0.25) is 0 Å². The van der Waals surface area contributed by atoms with Gasteiger partial charge in [0.1, 0.15) is 6.10 Å². The molecule has 2 aromatic heterocycles. The fourth-order valence-electron chi connectivity index (χ4n) is 3.65. The average molecular weight is 357 g/mol. The van der Waals surface area contributed by atoms with E-state index in [1.54, 1.807) is 23.1 Å². The number of hydrogen-bond acceptors (Lipinski definition) is 5. The van der Waals surface area contributed by atoms with Gasteiger partial charge in [-0.05, 0) is 43.7 Å². The molecule has 0 radical (unpaired) electrons. The number of piperidine rings is 1. The number of ether oxygens (including phenoxy) is 1. The topological polar surface area (TPSA) is 82.2 Å². The Hall–Kier alpha value is -2.48. The number of aromatic nitrogens is 4.